The largest absolute Gasteiger partial charge is 0.369 e. The third-order valence-electron chi connectivity index (χ3n) is 4.81. The maximum Gasteiger partial charge on any atom is 0.0471 e. The monoisotopic (exact) mass is 307 g/mol. The number of piperazine rings is 1. The summed E-state index contributed by atoms with van der Waals surface area (Å²) in [4.78, 5) is 4.93. The lowest BCUT2D eigenvalue weighted by Crippen LogP contribution is -2.51. The molecule has 116 valence electrons. The highest BCUT2D eigenvalue weighted by molar-refractivity contribution is 6.31. The summed E-state index contributed by atoms with van der Waals surface area (Å²) < 4.78 is 0. The highest BCUT2D eigenvalue weighted by Gasteiger charge is 2.24. The molecule has 0 spiro atoms. The maximum absolute atomic E-state index is 6.47. The fraction of sp³-hybridized carbons (Fsp3) is 0.647. The van der Waals surface area contributed by atoms with Crippen LogP contribution in [0.2, 0.25) is 5.02 Å². The lowest BCUT2D eigenvalue weighted by atomic mass is 10.1. The van der Waals surface area contributed by atoms with Gasteiger partial charge < -0.3 is 10.2 Å². The summed E-state index contributed by atoms with van der Waals surface area (Å²) >= 11 is 6.47. The van der Waals surface area contributed by atoms with E-state index < -0.39 is 0 Å². The molecule has 1 aliphatic carbocycles. The molecule has 1 atom stereocenters. The van der Waals surface area contributed by atoms with Gasteiger partial charge in [0.1, 0.15) is 0 Å². The Morgan fingerprint density at radius 2 is 2.10 bits per heavy atom. The normalized spacial score (nSPS) is 23.6. The number of nitrogens with zero attached hydrogens (tertiary/aromatic N) is 2. The Kier molecular flexibility index (Phi) is 4.72. The molecule has 1 unspecified atom stereocenters. The lowest BCUT2D eigenvalue weighted by molar-refractivity contribution is 0.213. The van der Waals surface area contributed by atoms with E-state index in [9.17, 15) is 0 Å². The zero-order valence-corrected chi connectivity index (χ0v) is 13.9. The first-order chi connectivity index (χ1) is 10.2. The van der Waals surface area contributed by atoms with Gasteiger partial charge in [-0.1, -0.05) is 24.6 Å². The molecule has 1 heterocycles. The van der Waals surface area contributed by atoms with Crippen LogP contribution < -0.4 is 10.2 Å². The average molecular weight is 308 g/mol. The van der Waals surface area contributed by atoms with Crippen molar-refractivity contribution in [1.82, 2.24) is 10.2 Å². The third-order valence-corrected chi connectivity index (χ3v) is 5.16. The molecule has 0 radical (unpaired) electrons. The van der Waals surface area contributed by atoms with Crippen molar-refractivity contribution < 1.29 is 0 Å². The Bertz CT molecular complexity index is 487. The highest BCUT2D eigenvalue weighted by Crippen LogP contribution is 2.27. The van der Waals surface area contributed by atoms with E-state index in [0.29, 0.717) is 6.04 Å². The van der Waals surface area contributed by atoms with Crippen molar-refractivity contribution in [2.24, 2.45) is 0 Å². The van der Waals surface area contributed by atoms with E-state index in [1.54, 1.807) is 0 Å². The van der Waals surface area contributed by atoms with E-state index in [1.165, 1.54) is 30.5 Å². The van der Waals surface area contributed by atoms with Crippen LogP contribution in [0.25, 0.3) is 0 Å². The standard InChI is InChI=1S/C17H26ClN3/c1-3-15-12-21(9-8-20(15)2)16-7-4-13(17(18)10-16)11-19-14-5-6-14/h4,7,10,14-15,19H,3,5-6,8-9,11-12H2,1-2H3. The number of anilines is 1. The number of rotatable bonds is 5. The van der Waals surface area contributed by atoms with Crippen LogP contribution in [0.5, 0.6) is 0 Å². The third kappa shape index (κ3) is 3.71. The minimum absolute atomic E-state index is 0.647. The first kappa shape index (κ1) is 15.1. The number of benzene rings is 1. The Balaban J connectivity index is 1.66. The molecule has 1 aliphatic heterocycles. The molecule has 1 N–H and O–H groups in total. The van der Waals surface area contributed by atoms with E-state index in [1.807, 2.05) is 0 Å². The van der Waals surface area contributed by atoms with E-state index in [2.05, 4.69) is 47.3 Å². The molecule has 2 aliphatic rings. The highest BCUT2D eigenvalue weighted by atomic mass is 35.5. The molecule has 4 heteroatoms. The summed E-state index contributed by atoms with van der Waals surface area (Å²) in [5.41, 5.74) is 2.48. The van der Waals surface area contributed by atoms with Crippen LogP contribution in [0.1, 0.15) is 31.7 Å². The van der Waals surface area contributed by atoms with Crippen LogP contribution in [0.4, 0.5) is 5.69 Å². The van der Waals surface area contributed by atoms with Crippen molar-refractivity contribution in [2.75, 3.05) is 31.6 Å². The van der Waals surface area contributed by atoms with E-state index >= 15 is 0 Å². The molecule has 21 heavy (non-hydrogen) atoms. The molecule has 1 saturated carbocycles. The van der Waals surface area contributed by atoms with Crippen LogP contribution >= 0.6 is 11.6 Å². The maximum atomic E-state index is 6.47. The van der Waals surface area contributed by atoms with Gasteiger partial charge in [-0.05, 0) is 44.0 Å². The minimum Gasteiger partial charge on any atom is -0.369 e. The molecule has 1 saturated heterocycles. The van der Waals surface area contributed by atoms with Gasteiger partial charge >= 0.3 is 0 Å². The van der Waals surface area contributed by atoms with E-state index in [-0.39, 0.29) is 0 Å². The van der Waals surface area contributed by atoms with Gasteiger partial charge in [-0.3, -0.25) is 4.90 Å². The molecular weight excluding hydrogens is 282 g/mol. The summed E-state index contributed by atoms with van der Waals surface area (Å²) in [6.45, 7) is 6.47. The number of hydrogen-bond donors (Lipinski definition) is 1. The molecular formula is C17H26ClN3. The van der Waals surface area contributed by atoms with Gasteiger partial charge in [0.15, 0.2) is 0 Å². The number of nitrogens with one attached hydrogen (secondary N) is 1. The molecule has 1 aromatic rings. The first-order valence-corrected chi connectivity index (χ1v) is 8.52. The molecule has 2 fully saturated rings. The molecule has 3 rings (SSSR count). The van der Waals surface area contributed by atoms with Gasteiger partial charge in [0.05, 0.1) is 0 Å². The van der Waals surface area contributed by atoms with Gasteiger partial charge in [-0.15, -0.1) is 0 Å². The fourth-order valence-electron chi connectivity index (χ4n) is 3.04. The Morgan fingerprint density at radius 1 is 1.29 bits per heavy atom. The van der Waals surface area contributed by atoms with Gasteiger partial charge in [0.25, 0.3) is 0 Å². The summed E-state index contributed by atoms with van der Waals surface area (Å²) in [6, 6.07) is 7.93. The molecule has 0 amide bonds. The summed E-state index contributed by atoms with van der Waals surface area (Å²) in [7, 11) is 2.23. The zero-order valence-electron chi connectivity index (χ0n) is 13.1. The second kappa shape index (κ2) is 6.55. The fourth-order valence-corrected chi connectivity index (χ4v) is 3.28. The quantitative estimate of drug-likeness (QED) is 0.901. The topological polar surface area (TPSA) is 18.5 Å². The lowest BCUT2D eigenvalue weighted by Gasteiger charge is -2.40. The second-order valence-corrected chi connectivity index (χ2v) is 6.83. The molecule has 0 bridgehead atoms. The van der Waals surface area contributed by atoms with Crippen molar-refractivity contribution >= 4 is 17.3 Å². The predicted octanol–water partition coefficient (Wildman–Crippen LogP) is 3.12. The van der Waals surface area contributed by atoms with E-state index in [0.717, 1.165) is 37.2 Å². The van der Waals surface area contributed by atoms with Crippen molar-refractivity contribution in [3.63, 3.8) is 0 Å². The van der Waals surface area contributed by atoms with Crippen LogP contribution in [-0.4, -0.2) is 43.7 Å². The van der Waals surface area contributed by atoms with Crippen molar-refractivity contribution in [3.05, 3.63) is 28.8 Å². The van der Waals surface area contributed by atoms with Gasteiger partial charge in [-0.2, -0.15) is 0 Å². The molecule has 1 aromatic carbocycles. The predicted molar refractivity (Wildman–Crippen MR) is 90.2 cm³/mol. The summed E-state index contributed by atoms with van der Waals surface area (Å²) in [6.07, 6.45) is 3.83. The SMILES string of the molecule is CCC1CN(c2ccc(CNC3CC3)c(Cl)c2)CCN1C. The van der Waals surface area contributed by atoms with Gasteiger partial charge in [0, 0.05) is 49.0 Å². The van der Waals surface area contributed by atoms with E-state index in [4.69, 9.17) is 11.6 Å². The zero-order chi connectivity index (χ0) is 14.8. The average Bonchev–Trinajstić information content (AvgIpc) is 3.31. The Labute approximate surface area is 133 Å². The minimum atomic E-state index is 0.647. The molecule has 3 nitrogen and oxygen atoms in total. The van der Waals surface area contributed by atoms with Crippen molar-refractivity contribution in [1.29, 1.82) is 0 Å². The number of halogens is 1. The molecule has 0 aromatic heterocycles. The van der Waals surface area contributed by atoms with Gasteiger partial charge in [-0.25, -0.2) is 0 Å². The number of likely N-dealkylation sites (N-methyl/N-ethyl adjacent to an activating group) is 1. The van der Waals surface area contributed by atoms with Crippen molar-refractivity contribution in [2.45, 2.75) is 44.8 Å². The smallest absolute Gasteiger partial charge is 0.0471 e. The first-order valence-electron chi connectivity index (χ1n) is 8.14. The van der Waals surface area contributed by atoms with Crippen LogP contribution in [-0.2, 0) is 6.54 Å². The van der Waals surface area contributed by atoms with Crippen molar-refractivity contribution in [3.8, 4) is 0 Å². The van der Waals surface area contributed by atoms with Crippen LogP contribution in [0, 0.1) is 0 Å². The van der Waals surface area contributed by atoms with Crippen LogP contribution in [0.15, 0.2) is 18.2 Å². The number of hydrogen-bond acceptors (Lipinski definition) is 3. The second-order valence-electron chi connectivity index (χ2n) is 6.42. The Morgan fingerprint density at radius 3 is 2.76 bits per heavy atom. The Hall–Kier alpha value is -0.770. The van der Waals surface area contributed by atoms with Gasteiger partial charge in [0.2, 0.25) is 0 Å². The van der Waals surface area contributed by atoms with Crippen LogP contribution in [0.3, 0.4) is 0 Å². The summed E-state index contributed by atoms with van der Waals surface area (Å²) in [5, 5.41) is 4.43. The summed E-state index contributed by atoms with van der Waals surface area (Å²) in [5.74, 6) is 0.